The molecular formula is C27H36FN3O3. The van der Waals surface area contributed by atoms with E-state index in [1.807, 2.05) is 30.3 Å². The number of aliphatic hydroxyl groups excluding tert-OH is 1. The van der Waals surface area contributed by atoms with Crippen molar-refractivity contribution in [1.82, 2.24) is 14.7 Å². The standard InChI is InChI=1S/C27H36FN3O3/c1-4-6-12-23(32)19-30(17-18-33-3)20-25-26(5-2)29-31(22-10-8-7-9-11-22)27(25)34-24-15-13-21(28)14-16-24/h7-11,13-16,23,32H,4-6,12,17-20H2,1-3H3. The first-order chi connectivity index (χ1) is 16.5. The van der Waals surface area contributed by atoms with E-state index in [-0.39, 0.29) is 5.82 Å². The van der Waals surface area contributed by atoms with Crippen molar-refractivity contribution in [1.29, 1.82) is 0 Å². The van der Waals surface area contributed by atoms with Gasteiger partial charge in [0, 0.05) is 26.7 Å². The van der Waals surface area contributed by atoms with Crippen molar-refractivity contribution < 1.29 is 19.0 Å². The molecule has 0 fully saturated rings. The number of benzene rings is 2. The minimum Gasteiger partial charge on any atom is -0.439 e. The highest BCUT2D eigenvalue weighted by Gasteiger charge is 2.23. The van der Waals surface area contributed by atoms with Gasteiger partial charge in [-0.25, -0.2) is 9.07 Å². The maximum Gasteiger partial charge on any atom is 0.227 e. The maximum atomic E-state index is 13.5. The monoisotopic (exact) mass is 469 g/mol. The zero-order chi connectivity index (χ0) is 24.3. The number of aliphatic hydroxyl groups is 1. The molecule has 1 N–H and O–H groups in total. The highest BCUT2D eigenvalue weighted by atomic mass is 19.1. The number of unbranched alkanes of at least 4 members (excludes halogenated alkanes) is 1. The van der Waals surface area contributed by atoms with Crippen molar-refractivity contribution in [2.24, 2.45) is 0 Å². The second-order valence-electron chi connectivity index (χ2n) is 8.41. The smallest absolute Gasteiger partial charge is 0.227 e. The number of aryl methyl sites for hydroxylation is 1. The Bertz CT molecular complexity index is 992. The summed E-state index contributed by atoms with van der Waals surface area (Å²) in [5.74, 6) is 0.819. The third kappa shape index (κ3) is 7.13. The summed E-state index contributed by atoms with van der Waals surface area (Å²) >= 11 is 0. The first-order valence-electron chi connectivity index (χ1n) is 12.0. The van der Waals surface area contributed by atoms with E-state index in [0.29, 0.717) is 37.9 Å². The van der Waals surface area contributed by atoms with Gasteiger partial charge in [-0.15, -0.1) is 0 Å². The molecule has 3 aromatic rings. The zero-order valence-electron chi connectivity index (χ0n) is 20.4. The summed E-state index contributed by atoms with van der Waals surface area (Å²) in [5, 5.41) is 15.5. The van der Waals surface area contributed by atoms with Gasteiger partial charge in [-0.3, -0.25) is 4.90 Å². The van der Waals surface area contributed by atoms with Crippen LogP contribution in [-0.4, -0.2) is 52.7 Å². The summed E-state index contributed by atoms with van der Waals surface area (Å²) in [6.07, 6.45) is 3.13. The molecule has 3 rings (SSSR count). The van der Waals surface area contributed by atoms with Gasteiger partial charge in [0.25, 0.3) is 0 Å². The van der Waals surface area contributed by atoms with Gasteiger partial charge in [-0.1, -0.05) is 44.9 Å². The lowest BCUT2D eigenvalue weighted by Crippen LogP contribution is -2.34. The van der Waals surface area contributed by atoms with E-state index in [2.05, 4.69) is 18.7 Å². The Kier molecular flexibility index (Phi) is 10.1. The van der Waals surface area contributed by atoms with Crippen LogP contribution in [0.25, 0.3) is 5.69 Å². The summed E-state index contributed by atoms with van der Waals surface area (Å²) in [5.41, 5.74) is 2.76. The molecule has 0 saturated heterocycles. The topological polar surface area (TPSA) is 59.8 Å². The molecule has 0 saturated carbocycles. The molecule has 0 amide bonds. The van der Waals surface area contributed by atoms with Crippen LogP contribution < -0.4 is 4.74 Å². The number of halogens is 1. The van der Waals surface area contributed by atoms with Crippen molar-refractivity contribution in [3.05, 3.63) is 71.7 Å². The fourth-order valence-electron chi connectivity index (χ4n) is 3.89. The van der Waals surface area contributed by atoms with Gasteiger partial charge in [0.1, 0.15) is 11.6 Å². The maximum absolute atomic E-state index is 13.5. The summed E-state index contributed by atoms with van der Waals surface area (Å²) in [4.78, 5) is 2.19. The summed E-state index contributed by atoms with van der Waals surface area (Å²) in [6.45, 7) is 6.52. The predicted molar refractivity (Wildman–Crippen MR) is 132 cm³/mol. The zero-order valence-corrected chi connectivity index (χ0v) is 20.4. The molecule has 0 aliphatic carbocycles. The first-order valence-corrected chi connectivity index (χ1v) is 12.0. The van der Waals surface area contributed by atoms with Crippen molar-refractivity contribution in [2.75, 3.05) is 26.8 Å². The van der Waals surface area contributed by atoms with Gasteiger partial charge < -0.3 is 14.6 Å². The van der Waals surface area contributed by atoms with Crippen LogP contribution >= 0.6 is 0 Å². The van der Waals surface area contributed by atoms with Crippen LogP contribution in [0.1, 0.15) is 44.4 Å². The van der Waals surface area contributed by atoms with E-state index in [0.717, 1.165) is 42.6 Å². The number of nitrogens with zero attached hydrogens (tertiary/aromatic N) is 3. The Morgan fingerprint density at radius 1 is 1.09 bits per heavy atom. The molecule has 1 aromatic heterocycles. The molecule has 1 heterocycles. The number of hydrogen-bond donors (Lipinski definition) is 1. The molecular weight excluding hydrogens is 433 g/mol. The quantitative estimate of drug-likeness (QED) is 0.344. The third-order valence-electron chi connectivity index (χ3n) is 5.74. The van der Waals surface area contributed by atoms with Crippen LogP contribution in [0.2, 0.25) is 0 Å². The minimum absolute atomic E-state index is 0.315. The van der Waals surface area contributed by atoms with Gasteiger partial charge in [0.2, 0.25) is 5.88 Å². The number of rotatable bonds is 14. The molecule has 0 aliphatic heterocycles. The molecule has 0 radical (unpaired) electrons. The summed E-state index contributed by atoms with van der Waals surface area (Å²) < 4.78 is 26.9. The molecule has 2 aromatic carbocycles. The van der Waals surface area contributed by atoms with Gasteiger partial charge in [0.05, 0.1) is 29.7 Å². The third-order valence-corrected chi connectivity index (χ3v) is 5.74. The van der Waals surface area contributed by atoms with Crippen molar-refractivity contribution >= 4 is 0 Å². The van der Waals surface area contributed by atoms with Crippen LogP contribution in [0.3, 0.4) is 0 Å². The van der Waals surface area contributed by atoms with Crippen LogP contribution in [0.15, 0.2) is 54.6 Å². The van der Waals surface area contributed by atoms with Gasteiger partial charge in [-0.05, 0) is 49.2 Å². The molecule has 7 heteroatoms. The van der Waals surface area contributed by atoms with E-state index in [1.54, 1.807) is 23.9 Å². The van der Waals surface area contributed by atoms with E-state index in [9.17, 15) is 9.50 Å². The Labute approximate surface area is 201 Å². The van der Waals surface area contributed by atoms with E-state index in [1.165, 1.54) is 12.1 Å². The first kappa shape index (κ1) is 25.9. The number of ether oxygens (including phenoxy) is 2. The molecule has 1 unspecified atom stereocenters. The molecule has 0 aliphatic rings. The van der Waals surface area contributed by atoms with Crippen LogP contribution in [0, 0.1) is 5.82 Å². The predicted octanol–water partition coefficient (Wildman–Crippen LogP) is 5.37. The van der Waals surface area contributed by atoms with Gasteiger partial charge in [0.15, 0.2) is 0 Å². The lowest BCUT2D eigenvalue weighted by atomic mass is 10.1. The summed E-state index contributed by atoms with van der Waals surface area (Å²) in [7, 11) is 1.68. The lowest BCUT2D eigenvalue weighted by molar-refractivity contribution is 0.0786. The van der Waals surface area contributed by atoms with Crippen molar-refractivity contribution in [3.63, 3.8) is 0 Å². The van der Waals surface area contributed by atoms with Gasteiger partial charge in [-0.2, -0.15) is 5.10 Å². The van der Waals surface area contributed by atoms with E-state index >= 15 is 0 Å². The highest BCUT2D eigenvalue weighted by Crippen LogP contribution is 2.32. The largest absolute Gasteiger partial charge is 0.439 e. The molecule has 34 heavy (non-hydrogen) atoms. The number of methoxy groups -OCH3 is 1. The van der Waals surface area contributed by atoms with E-state index in [4.69, 9.17) is 14.6 Å². The second-order valence-corrected chi connectivity index (χ2v) is 8.41. The average molecular weight is 470 g/mol. The van der Waals surface area contributed by atoms with Crippen molar-refractivity contribution in [3.8, 4) is 17.3 Å². The molecule has 6 nitrogen and oxygen atoms in total. The van der Waals surface area contributed by atoms with E-state index < -0.39 is 6.10 Å². The lowest BCUT2D eigenvalue weighted by Gasteiger charge is -2.25. The second kappa shape index (κ2) is 13.2. The molecule has 1 atom stereocenters. The molecule has 0 bridgehead atoms. The Balaban J connectivity index is 1.98. The number of aromatic nitrogens is 2. The number of para-hydroxylation sites is 1. The Morgan fingerprint density at radius 3 is 2.47 bits per heavy atom. The Morgan fingerprint density at radius 2 is 1.82 bits per heavy atom. The highest BCUT2D eigenvalue weighted by molar-refractivity contribution is 5.43. The molecule has 184 valence electrons. The minimum atomic E-state index is -0.410. The molecule has 0 spiro atoms. The summed E-state index contributed by atoms with van der Waals surface area (Å²) in [6, 6.07) is 15.8. The van der Waals surface area contributed by atoms with Crippen LogP contribution in [-0.2, 0) is 17.7 Å². The van der Waals surface area contributed by atoms with Crippen LogP contribution in [0.5, 0.6) is 11.6 Å². The van der Waals surface area contributed by atoms with Crippen molar-refractivity contribution in [2.45, 2.75) is 52.2 Å². The fourth-order valence-corrected chi connectivity index (χ4v) is 3.89. The Hall–Kier alpha value is -2.74. The fraction of sp³-hybridized carbons (Fsp3) is 0.444. The van der Waals surface area contributed by atoms with Crippen LogP contribution in [0.4, 0.5) is 4.39 Å². The number of hydrogen-bond acceptors (Lipinski definition) is 5. The average Bonchev–Trinajstić information content (AvgIpc) is 3.20. The SMILES string of the molecule is CCCCC(O)CN(CCOC)Cc1c(CC)nn(-c2ccccc2)c1Oc1ccc(F)cc1. The van der Waals surface area contributed by atoms with Gasteiger partial charge >= 0.3 is 0 Å². The normalized spacial score (nSPS) is 12.3.